The van der Waals surface area contributed by atoms with Gasteiger partial charge in [-0.15, -0.1) is 11.3 Å². The molecule has 0 radical (unpaired) electrons. The highest BCUT2D eigenvalue weighted by atomic mass is 32.1. The largest absolute Gasteiger partial charge is 0.488 e. The van der Waals surface area contributed by atoms with Crippen molar-refractivity contribution < 1.29 is 14.6 Å². The van der Waals surface area contributed by atoms with Crippen molar-refractivity contribution >= 4 is 23.0 Å². The van der Waals surface area contributed by atoms with Crippen molar-refractivity contribution in [3.05, 3.63) is 82.4 Å². The molecule has 4 rings (SSSR count). The van der Waals surface area contributed by atoms with E-state index in [1.807, 2.05) is 43.3 Å². The fraction of sp³-hybridized carbons (Fsp3) is 0.240. The van der Waals surface area contributed by atoms with Gasteiger partial charge in [-0.05, 0) is 37.6 Å². The number of benzene rings is 2. The first-order valence-corrected chi connectivity index (χ1v) is 11.0. The maximum Gasteiger partial charge on any atom is 0.304 e. The molecule has 1 N–H and O–H groups in total. The summed E-state index contributed by atoms with van der Waals surface area (Å²) in [6.45, 7) is 5.14. The van der Waals surface area contributed by atoms with Gasteiger partial charge in [-0.3, -0.25) is 9.79 Å². The molecule has 0 spiro atoms. The minimum absolute atomic E-state index is 0.0191. The van der Waals surface area contributed by atoms with Crippen molar-refractivity contribution in [3.63, 3.8) is 0 Å². The van der Waals surface area contributed by atoms with Gasteiger partial charge in [-0.2, -0.15) is 0 Å². The fourth-order valence-electron chi connectivity index (χ4n) is 3.51. The first-order chi connectivity index (χ1) is 15.0. The Labute approximate surface area is 185 Å². The lowest BCUT2D eigenvalue weighted by atomic mass is 9.91. The number of carbonyl (C=O) groups is 1. The minimum atomic E-state index is -0.835. The fourth-order valence-corrected chi connectivity index (χ4v) is 4.49. The summed E-state index contributed by atoms with van der Waals surface area (Å²) in [6, 6.07) is 16.0. The number of hydrogen-bond acceptors (Lipinski definition) is 5. The zero-order valence-corrected chi connectivity index (χ0v) is 18.4. The number of rotatable bonds is 8. The number of aryl methyl sites for hydroxylation is 2. The number of thiazole rings is 1. The van der Waals surface area contributed by atoms with Crippen molar-refractivity contribution in [2.24, 2.45) is 4.99 Å². The van der Waals surface area contributed by atoms with Crippen LogP contribution in [0.15, 0.2) is 65.7 Å². The first kappa shape index (κ1) is 21.0. The monoisotopic (exact) mass is 432 g/mol. The maximum atomic E-state index is 11.3. The normalized spacial score (nSPS) is 13.8. The third-order valence-corrected chi connectivity index (χ3v) is 6.43. The molecule has 31 heavy (non-hydrogen) atoms. The number of hydrogen-bond donors (Lipinski definition) is 1. The predicted octanol–water partition coefficient (Wildman–Crippen LogP) is 5.58. The molecule has 2 heterocycles. The van der Waals surface area contributed by atoms with Crippen LogP contribution >= 0.6 is 11.3 Å². The summed E-state index contributed by atoms with van der Waals surface area (Å²) in [5, 5.41) is 10.3. The van der Waals surface area contributed by atoms with Gasteiger partial charge >= 0.3 is 5.97 Å². The summed E-state index contributed by atoms with van der Waals surface area (Å²) in [4.78, 5) is 21.5. The molecule has 158 valence electrons. The summed E-state index contributed by atoms with van der Waals surface area (Å²) in [5.74, 6) is -0.337. The molecule has 0 amide bonds. The zero-order chi connectivity index (χ0) is 21.8. The molecule has 0 aliphatic carbocycles. The Hall–Kier alpha value is -3.25. The highest BCUT2D eigenvalue weighted by molar-refractivity contribution is 7.15. The number of aliphatic imine (C=N–C) groups is 1. The lowest BCUT2D eigenvalue weighted by molar-refractivity contribution is -0.137. The molecule has 0 bridgehead atoms. The van der Waals surface area contributed by atoms with Crippen LogP contribution in [0.5, 0.6) is 5.75 Å². The highest BCUT2D eigenvalue weighted by Crippen LogP contribution is 2.30. The Kier molecular flexibility index (Phi) is 6.28. The van der Waals surface area contributed by atoms with Gasteiger partial charge in [0.25, 0.3) is 0 Å². The smallest absolute Gasteiger partial charge is 0.304 e. The van der Waals surface area contributed by atoms with E-state index < -0.39 is 5.97 Å². The SMILES string of the molecule is Cc1ccc(-c2nc(C)c(COc3ccc([C@@H](CC(=O)O)C4=NCC=C4)cc3)s2)cc1. The third kappa shape index (κ3) is 5.09. The molecule has 1 aliphatic rings. The van der Waals surface area contributed by atoms with Gasteiger partial charge in [0.05, 0.1) is 23.5 Å². The number of ether oxygens (including phenoxy) is 1. The van der Waals surface area contributed by atoms with Gasteiger partial charge in [0.2, 0.25) is 0 Å². The van der Waals surface area contributed by atoms with Crippen LogP contribution in [0.2, 0.25) is 0 Å². The second kappa shape index (κ2) is 9.27. The molecule has 6 heteroatoms. The van der Waals surface area contributed by atoms with E-state index in [0.717, 1.165) is 38.2 Å². The average molecular weight is 433 g/mol. The number of aromatic nitrogens is 1. The summed E-state index contributed by atoms with van der Waals surface area (Å²) in [5.41, 5.74) is 5.06. The number of allylic oxidation sites excluding steroid dienone is 1. The lowest BCUT2D eigenvalue weighted by Crippen LogP contribution is -2.14. The predicted molar refractivity (Wildman–Crippen MR) is 124 cm³/mol. The molecular formula is C25H24N2O3S. The summed E-state index contributed by atoms with van der Waals surface area (Å²) >= 11 is 1.64. The third-order valence-electron chi connectivity index (χ3n) is 5.25. The number of carboxylic acid groups (broad SMARTS) is 1. The molecule has 1 atom stereocenters. The summed E-state index contributed by atoms with van der Waals surface area (Å²) in [6.07, 6.45) is 3.88. The van der Waals surface area contributed by atoms with Gasteiger partial charge in [-0.1, -0.05) is 48.0 Å². The summed E-state index contributed by atoms with van der Waals surface area (Å²) in [7, 11) is 0. The topological polar surface area (TPSA) is 71.8 Å². The lowest BCUT2D eigenvalue weighted by Gasteiger charge is -2.15. The maximum absolute atomic E-state index is 11.3. The molecule has 3 aromatic rings. The minimum Gasteiger partial charge on any atom is -0.488 e. The second-order valence-corrected chi connectivity index (χ2v) is 8.65. The second-order valence-electron chi connectivity index (χ2n) is 7.57. The van der Waals surface area contributed by atoms with E-state index in [1.54, 1.807) is 11.3 Å². The Balaban J connectivity index is 1.44. The Morgan fingerprint density at radius 3 is 2.52 bits per heavy atom. The van der Waals surface area contributed by atoms with Crippen LogP contribution in [0.3, 0.4) is 0 Å². The molecule has 0 saturated heterocycles. The van der Waals surface area contributed by atoms with Gasteiger partial charge < -0.3 is 9.84 Å². The van der Waals surface area contributed by atoms with Gasteiger partial charge in [-0.25, -0.2) is 4.98 Å². The van der Waals surface area contributed by atoms with Crippen LogP contribution in [-0.2, 0) is 11.4 Å². The molecular weight excluding hydrogens is 408 g/mol. The van der Waals surface area contributed by atoms with Crippen LogP contribution in [0, 0.1) is 13.8 Å². The van der Waals surface area contributed by atoms with Gasteiger partial charge in [0.15, 0.2) is 0 Å². The van der Waals surface area contributed by atoms with Crippen molar-refractivity contribution in [2.75, 3.05) is 6.54 Å². The van der Waals surface area contributed by atoms with Crippen LogP contribution in [0.1, 0.15) is 34.0 Å². The van der Waals surface area contributed by atoms with Gasteiger partial charge in [0, 0.05) is 17.2 Å². The molecule has 5 nitrogen and oxygen atoms in total. The van der Waals surface area contributed by atoms with E-state index in [-0.39, 0.29) is 12.3 Å². The zero-order valence-electron chi connectivity index (χ0n) is 17.5. The Morgan fingerprint density at radius 2 is 1.87 bits per heavy atom. The van der Waals surface area contributed by atoms with E-state index in [0.29, 0.717) is 13.2 Å². The molecule has 0 fully saturated rings. The standard InChI is InChI=1S/C25H24N2O3S/c1-16-5-7-19(8-6-16)25-27-17(2)23(31-25)15-30-20-11-9-18(10-12-20)21(14-24(28)29)22-4-3-13-26-22/h3-12,21H,13-15H2,1-2H3,(H,28,29)/t21-/m1/s1. The van der Waals surface area contributed by atoms with E-state index >= 15 is 0 Å². The van der Waals surface area contributed by atoms with E-state index in [2.05, 4.69) is 36.2 Å². The van der Waals surface area contributed by atoms with Crippen molar-refractivity contribution in [3.8, 4) is 16.3 Å². The number of nitrogens with zero attached hydrogens (tertiary/aromatic N) is 2. The molecule has 1 aliphatic heterocycles. The molecule has 2 aromatic carbocycles. The quantitative estimate of drug-likeness (QED) is 0.505. The van der Waals surface area contributed by atoms with Gasteiger partial charge in [0.1, 0.15) is 17.4 Å². The number of aliphatic carboxylic acids is 1. The first-order valence-electron chi connectivity index (χ1n) is 10.2. The van der Waals surface area contributed by atoms with Crippen molar-refractivity contribution in [2.45, 2.75) is 32.8 Å². The molecule has 1 aromatic heterocycles. The molecule has 0 unspecified atom stereocenters. The van der Waals surface area contributed by atoms with Crippen LogP contribution in [0.4, 0.5) is 0 Å². The van der Waals surface area contributed by atoms with E-state index in [4.69, 9.17) is 9.72 Å². The summed E-state index contributed by atoms with van der Waals surface area (Å²) < 4.78 is 5.99. The van der Waals surface area contributed by atoms with E-state index in [1.165, 1.54) is 5.56 Å². The van der Waals surface area contributed by atoms with E-state index in [9.17, 15) is 9.90 Å². The highest BCUT2D eigenvalue weighted by Gasteiger charge is 2.21. The van der Waals surface area contributed by atoms with Crippen molar-refractivity contribution in [1.82, 2.24) is 4.98 Å². The number of carboxylic acids is 1. The Morgan fingerprint density at radius 1 is 1.13 bits per heavy atom. The Bertz CT molecular complexity index is 1130. The van der Waals surface area contributed by atoms with Crippen LogP contribution < -0.4 is 4.74 Å². The molecule has 0 saturated carbocycles. The van der Waals surface area contributed by atoms with Crippen molar-refractivity contribution in [1.29, 1.82) is 0 Å². The van der Waals surface area contributed by atoms with Crippen LogP contribution in [0.25, 0.3) is 10.6 Å². The average Bonchev–Trinajstić information content (AvgIpc) is 3.41. The van der Waals surface area contributed by atoms with Crippen LogP contribution in [-0.4, -0.2) is 28.3 Å².